The fraction of sp³-hybridized carbons (Fsp3) is 0.118. The van der Waals surface area contributed by atoms with Gasteiger partial charge in [0.2, 0.25) is 5.91 Å². The Morgan fingerprint density at radius 1 is 0.958 bits per heavy atom. The van der Waals surface area contributed by atoms with Gasteiger partial charge in [-0.2, -0.15) is 0 Å². The average Bonchev–Trinajstić information content (AvgIpc) is 2.59. The third kappa shape index (κ3) is 3.52. The van der Waals surface area contributed by atoms with E-state index in [0.29, 0.717) is 11.4 Å². The van der Waals surface area contributed by atoms with Gasteiger partial charge in [-0.1, -0.05) is 18.2 Å². The number of rotatable bonds is 5. The van der Waals surface area contributed by atoms with E-state index < -0.39 is 11.1 Å². The highest BCUT2D eigenvalue weighted by molar-refractivity contribution is 5.94. The monoisotopic (exact) mass is 325 g/mol. The number of hydrogen-bond acceptors (Lipinski definition) is 4. The molecule has 122 valence electrons. The van der Waals surface area contributed by atoms with Crippen molar-refractivity contribution in [1.82, 2.24) is 10.2 Å². The molecule has 0 bridgehead atoms. The molecule has 0 radical (unpaired) electrons. The number of aromatic nitrogens is 2. The van der Waals surface area contributed by atoms with Crippen LogP contribution in [0, 0.1) is 0 Å². The molecule has 1 heterocycles. The van der Waals surface area contributed by atoms with Crippen LogP contribution in [0.15, 0.2) is 58.1 Å². The van der Waals surface area contributed by atoms with E-state index in [1.165, 1.54) is 12.1 Å². The number of para-hydroxylation sites is 1. The van der Waals surface area contributed by atoms with Crippen LogP contribution in [0.2, 0.25) is 0 Å². The fourth-order valence-electron chi connectivity index (χ4n) is 2.26. The minimum absolute atomic E-state index is 0.165. The Bertz CT molecular complexity index is 976. The van der Waals surface area contributed by atoms with Gasteiger partial charge in [0.25, 0.3) is 11.1 Å². The highest BCUT2D eigenvalue weighted by atomic mass is 16.5. The molecular formula is C17H15N3O4. The molecule has 3 N–H and O–H groups in total. The lowest BCUT2D eigenvalue weighted by Gasteiger charge is -2.07. The first-order valence-electron chi connectivity index (χ1n) is 7.36. The van der Waals surface area contributed by atoms with Crippen molar-refractivity contribution in [2.75, 3.05) is 11.9 Å². The Morgan fingerprint density at radius 2 is 1.67 bits per heavy atom. The second kappa shape index (κ2) is 6.82. The van der Waals surface area contributed by atoms with Crippen molar-refractivity contribution in [3.05, 3.63) is 69.2 Å². The van der Waals surface area contributed by atoms with Gasteiger partial charge in [-0.05, 0) is 30.3 Å². The first kappa shape index (κ1) is 15.5. The summed E-state index contributed by atoms with van der Waals surface area (Å²) in [5.74, 6) is 0.452. The van der Waals surface area contributed by atoms with Crippen molar-refractivity contribution in [2.45, 2.75) is 6.42 Å². The van der Waals surface area contributed by atoms with Crippen molar-refractivity contribution < 1.29 is 9.53 Å². The molecule has 2 aromatic carbocycles. The third-order valence-electron chi connectivity index (χ3n) is 3.42. The molecule has 0 fully saturated rings. The normalized spacial score (nSPS) is 10.5. The first-order chi connectivity index (χ1) is 11.6. The molecule has 3 aromatic rings. The van der Waals surface area contributed by atoms with Crippen LogP contribution < -0.4 is 21.2 Å². The van der Waals surface area contributed by atoms with E-state index in [9.17, 15) is 14.4 Å². The number of anilines is 1. The minimum Gasteiger partial charge on any atom is -0.493 e. The van der Waals surface area contributed by atoms with Crippen LogP contribution in [0.1, 0.15) is 6.42 Å². The van der Waals surface area contributed by atoms with Gasteiger partial charge in [0.15, 0.2) is 0 Å². The summed E-state index contributed by atoms with van der Waals surface area (Å²) >= 11 is 0. The summed E-state index contributed by atoms with van der Waals surface area (Å²) in [4.78, 5) is 35.3. The fourth-order valence-corrected chi connectivity index (χ4v) is 2.26. The summed E-state index contributed by atoms with van der Waals surface area (Å²) in [6.45, 7) is 0.240. The van der Waals surface area contributed by atoms with Gasteiger partial charge >= 0.3 is 0 Å². The summed E-state index contributed by atoms with van der Waals surface area (Å²) in [6.07, 6.45) is 0.165. The van der Waals surface area contributed by atoms with Gasteiger partial charge in [0.1, 0.15) is 5.75 Å². The van der Waals surface area contributed by atoms with Crippen LogP contribution in [-0.2, 0) is 4.79 Å². The van der Waals surface area contributed by atoms with E-state index in [1.54, 1.807) is 6.07 Å². The first-order valence-corrected chi connectivity index (χ1v) is 7.36. The summed E-state index contributed by atoms with van der Waals surface area (Å²) in [6, 6.07) is 13.8. The van der Waals surface area contributed by atoms with Crippen LogP contribution in [0.25, 0.3) is 10.8 Å². The molecule has 0 atom stereocenters. The van der Waals surface area contributed by atoms with Gasteiger partial charge in [0.05, 0.1) is 23.8 Å². The zero-order chi connectivity index (χ0) is 16.9. The molecule has 0 aliphatic carbocycles. The molecule has 0 aliphatic heterocycles. The summed E-state index contributed by atoms with van der Waals surface area (Å²) in [5, 5.41) is 7.67. The van der Waals surface area contributed by atoms with Gasteiger partial charge in [-0.3, -0.25) is 24.6 Å². The lowest BCUT2D eigenvalue weighted by Crippen LogP contribution is -2.20. The summed E-state index contributed by atoms with van der Waals surface area (Å²) in [5.41, 5.74) is -0.366. The van der Waals surface area contributed by atoms with Crippen molar-refractivity contribution in [3.8, 4) is 5.75 Å². The highest BCUT2D eigenvalue weighted by Gasteiger charge is 2.07. The number of H-pyrrole nitrogens is 2. The molecule has 0 saturated carbocycles. The number of amides is 1. The SMILES string of the molecule is O=C(CCOc1ccccc1)Nc1ccc2c(=O)[nH][nH]c(=O)c2c1. The zero-order valence-electron chi connectivity index (χ0n) is 12.7. The topological polar surface area (TPSA) is 104 Å². The van der Waals surface area contributed by atoms with E-state index in [2.05, 4.69) is 15.5 Å². The molecule has 0 saturated heterocycles. The number of benzene rings is 2. The summed E-state index contributed by atoms with van der Waals surface area (Å²) < 4.78 is 5.46. The van der Waals surface area contributed by atoms with Crippen molar-refractivity contribution in [3.63, 3.8) is 0 Å². The van der Waals surface area contributed by atoms with Crippen molar-refractivity contribution in [2.24, 2.45) is 0 Å². The minimum atomic E-state index is -0.423. The molecule has 3 rings (SSSR count). The molecular weight excluding hydrogens is 310 g/mol. The second-order valence-corrected chi connectivity index (χ2v) is 5.13. The predicted molar refractivity (Wildman–Crippen MR) is 90.4 cm³/mol. The molecule has 0 unspecified atom stereocenters. The molecule has 24 heavy (non-hydrogen) atoms. The van der Waals surface area contributed by atoms with E-state index in [1.807, 2.05) is 30.3 Å². The van der Waals surface area contributed by atoms with Crippen LogP contribution in [0.3, 0.4) is 0 Å². The highest BCUT2D eigenvalue weighted by Crippen LogP contribution is 2.13. The van der Waals surface area contributed by atoms with E-state index in [0.717, 1.165) is 0 Å². The number of ether oxygens (including phenoxy) is 1. The number of hydrogen-bond donors (Lipinski definition) is 3. The van der Waals surface area contributed by atoms with Crippen LogP contribution in [-0.4, -0.2) is 22.7 Å². The van der Waals surface area contributed by atoms with E-state index >= 15 is 0 Å². The van der Waals surface area contributed by atoms with Crippen molar-refractivity contribution in [1.29, 1.82) is 0 Å². The van der Waals surface area contributed by atoms with Gasteiger partial charge < -0.3 is 10.1 Å². The van der Waals surface area contributed by atoms with Crippen LogP contribution >= 0.6 is 0 Å². The standard InChI is InChI=1S/C17H15N3O4/c21-15(8-9-24-12-4-2-1-3-5-12)18-11-6-7-13-14(10-11)17(23)20-19-16(13)22/h1-7,10H,8-9H2,(H,18,21)(H,19,22)(H,20,23). The maximum atomic E-state index is 11.9. The molecule has 1 amide bonds. The molecule has 0 spiro atoms. The molecule has 7 heteroatoms. The van der Waals surface area contributed by atoms with Crippen LogP contribution in [0.4, 0.5) is 5.69 Å². The van der Waals surface area contributed by atoms with Gasteiger partial charge in [0, 0.05) is 5.69 Å². The lowest BCUT2D eigenvalue weighted by molar-refractivity contribution is -0.116. The predicted octanol–water partition coefficient (Wildman–Crippen LogP) is 1.62. The smallest absolute Gasteiger partial charge is 0.270 e. The molecule has 0 aliphatic rings. The van der Waals surface area contributed by atoms with Gasteiger partial charge in [-0.15, -0.1) is 0 Å². The van der Waals surface area contributed by atoms with Crippen LogP contribution in [0.5, 0.6) is 5.75 Å². The van der Waals surface area contributed by atoms with E-state index in [-0.39, 0.29) is 29.7 Å². The number of aromatic amines is 2. The second-order valence-electron chi connectivity index (χ2n) is 5.13. The molecule has 7 nitrogen and oxygen atoms in total. The Balaban J connectivity index is 1.64. The lowest BCUT2D eigenvalue weighted by atomic mass is 10.2. The zero-order valence-corrected chi connectivity index (χ0v) is 12.7. The largest absolute Gasteiger partial charge is 0.493 e. The maximum absolute atomic E-state index is 11.9. The Kier molecular flexibility index (Phi) is 4.42. The maximum Gasteiger partial charge on any atom is 0.270 e. The van der Waals surface area contributed by atoms with E-state index in [4.69, 9.17) is 4.74 Å². The Labute approximate surface area is 136 Å². The average molecular weight is 325 g/mol. The van der Waals surface area contributed by atoms with Gasteiger partial charge in [-0.25, -0.2) is 0 Å². The van der Waals surface area contributed by atoms with Crippen molar-refractivity contribution >= 4 is 22.4 Å². The quantitative estimate of drug-likeness (QED) is 0.663. The number of fused-ring (bicyclic) bond motifs is 1. The number of carbonyl (C=O) groups excluding carboxylic acids is 1. The summed E-state index contributed by atoms with van der Waals surface area (Å²) in [7, 11) is 0. The number of nitrogens with one attached hydrogen (secondary N) is 3. The molecule has 1 aromatic heterocycles. The Morgan fingerprint density at radius 3 is 2.42 bits per heavy atom. The number of carbonyl (C=O) groups is 1. The third-order valence-corrected chi connectivity index (χ3v) is 3.42. The Hall–Kier alpha value is -3.35.